The lowest BCUT2D eigenvalue weighted by molar-refractivity contribution is -0.152. The third-order valence-corrected chi connectivity index (χ3v) is 7.51. The van der Waals surface area contributed by atoms with E-state index in [9.17, 15) is 14.4 Å². The number of hydrogen-bond acceptors (Lipinski definition) is 4. The molecule has 156 valence electrons. The number of ketones is 2. The van der Waals surface area contributed by atoms with Gasteiger partial charge >= 0.3 is 5.97 Å². The molecule has 0 amide bonds. The maximum Gasteiger partial charge on any atom is 0.316 e. The van der Waals surface area contributed by atoms with Gasteiger partial charge in [-0.25, -0.2) is 0 Å². The molecule has 0 heterocycles. The smallest absolute Gasteiger partial charge is 0.316 e. The number of carbonyl (C=O) groups excluding carboxylic acids is 3. The molecule has 0 spiro atoms. The van der Waals surface area contributed by atoms with Gasteiger partial charge in [0.1, 0.15) is 11.7 Å². The van der Waals surface area contributed by atoms with Crippen LogP contribution in [0.1, 0.15) is 75.1 Å². The molecule has 5 rings (SSSR count). The summed E-state index contributed by atoms with van der Waals surface area (Å²) in [4.78, 5) is 38.2. The highest BCUT2D eigenvalue weighted by Gasteiger charge is 2.50. The van der Waals surface area contributed by atoms with Crippen LogP contribution in [-0.2, 0) is 14.3 Å². The molecule has 0 N–H and O–H groups in total. The zero-order valence-electron chi connectivity index (χ0n) is 17.4. The fraction of sp³-hybridized carbons (Fsp3) is 0.640. The first-order valence-electron chi connectivity index (χ1n) is 11.3. The van der Waals surface area contributed by atoms with Gasteiger partial charge in [-0.2, -0.15) is 0 Å². The van der Waals surface area contributed by atoms with Crippen LogP contribution in [0.25, 0.3) is 0 Å². The van der Waals surface area contributed by atoms with E-state index >= 15 is 0 Å². The van der Waals surface area contributed by atoms with Crippen molar-refractivity contribution in [3.05, 3.63) is 35.9 Å². The van der Waals surface area contributed by atoms with Gasteiger partial charge in [-0.3, -0.25) is 14.4 Å². The quantitative estimate of drug-likeness (QED) is 0.335. The molecule has 4 bridgehead atoms. The number of rotatable bonds is 9. The summed E-state index contributed by atoms with van der Waals surface area (Å²) in [6.45, 7) is 1.95. The molecule has 4 nitrogen and oxygen atoms in total. The molecule has 0 saturated heterocycles. The molecule has 0 radical (unpaired) electrons. The minimum absolute atomic E-state index is 0.0947. The number of carbonyl (C=O) groups is 3. The van der Waals surface area contributed by atoms with Crippen molar-refractivity contribution in [3.63, 3.8) is 0 Å². The summed E-state index contributed by atoms with van der Waals surface area (Å²) >= 11 is 0. The van der Waals surface area contributed by atoms with Crippen molar-refractivity contribution < 1.29 is 19.1 Å². The van der Waals surface area contributed by atoms with Gasteiger partial charge in [0.25, 0.3) is 0 Å². The lowest BCUT2D eigenvalue weighted by Crippen LogP contribution is -2.46. The minimum Gasteiger partial charge on any atom is -0.465 e. The predicted octanol–water partition coefficient (Wildman–Crippen LogP) is 5.00. The van der Waals surface area contributed by atoms with Crippen LogP contribution in [0.2, 0.25) is 0 Å². The number of esters is 1. The number of ether oxygens (including phenoxy) is 1. The van der Waals surface area contributed by atoms with E-state index in [0.29, 0.717) is 17.4 Å². The summed E-state index contributed by atoms with van der Waals surface area (Å²) in [5.41, 5.74) is 0.836. The van der Waals surface area contributed by atoms with Crippen LogP contribution < -0.4 is 0 Å². The third kappa shape index (κ3) is 4.46. The Balaban J connectivity index is 1.41. The first-order chi connectivity index (χ1) is 14.0. The standard InChI is InChI=1S/C25H32O4/c1-2-29-24(28)21(13-23(27)20-6-4-3-5-7-20)22(26)8-9-25-14-17-10-18(15-25)12-19(11-17)16-25/h3-7,17-19,21H,2,8-16H2,1H3. The molecule has 1 atom stereocenters. The normalized spacial score (nSPS) is 30.7. The fourth-order valence-electron chi connectivity index (χ4n) is 6.66. The van der Waals surface area contributed by atoms with E-state index in [0.717, 1.165) is 24.2 Å². The molecule has 4 aliphatic rings. The molecule has 1 unspecified atom stereocenters. The first-order valence-corrected chi connectivity index (χ1v) is 11.3. The van der Waals surface area contributed by atoms with Crippen LogP contribution in [0.5, 0.6) is 0 Å². The maximum atomic E-state index is 13.1. The molecule has 29 heavy (non-hydrogen) atoms. The molecular formula is C25H32O4. The van der Waals surface area contributed by atoms with Crippen molar-refractivity contribution in [2.75, 3.05) is 6.61 Å². The average Bonchev–Trinajstić information content (AvgIpc) is 2.70. The molecule has 4 saturated carbocycles. The monoisotopic (exact) mass is 396 g/mol. The topological polar surface area (TPSA) is 60.4 Å². The van der Waals surface area contributed by atoms with Gasteiger partial charge in [0.15, 0.2) is 5.78 Å². The van der Waals surface area contributed by atoms with Gasteiger partial charge in [0.2, 0.25) is 0 Å². The Hall–Kier alpha value is -1.97. The average molecular weight is 397 g/mol. The van der Waals surface area contributed by atoms with Gasteiger partial charge in [-0.15, -0.1) is 0 Å². The summed E-state index contributed by atoms with van der Waals surface area (Å²) < 4.78 is 5.15. The molecule has 4 aliphatic carbocycles. The lowest BCUT2D eigenvalue weighted by Gasteiger charge is -2.57. The number of benzene rings is 1. The van der Waals surface area contributed by atoms with Crippen LogP contribution >= 0.6 is 0 Å². The summed E-state index contributed by atoms with van der Waals surface area (Å²) in [6.07, 6.45) is 9.04. The Kier molecular flexibility index (Phi) is 5.89. The highest BCUT2D eigenvalue weighted by atomic mass is 16.5. The van der Waals surface area contributed by atoms with Crippen molar-refractivity contribution >= 4 is 17.5 Å². The van der Waals surface area contributed by atoms with Crippen molar-refractivity contribution in [3.8, 4) is 0 Å². The second-order valence-corrected chi connectivity index (χ2v) is 9.68. The number of hydrogen-bond donors (Lipinski definition) is 0. The number of Topliss-reactive ketones (excluding diaryl/α,β-unsaturated/α-hetero) is 2. The van der Waals surface area contributed by atoms with Crippen molar-refractivity contribution in [1.29, 1.82) is 0 Å². The van der Waals surface area contributed by atoms with E-state index in [1.54, 1.807) is 31.2 Å². The van der Waals surface area contributed by atoms with E-state index in [-0.39, 0.29) is 24.6 Å². The fourth-order valence-corrected chi connectivity index (χ4v) is 6.66. The van der Waals surface area contributed by atoms with E-state index in [2.05, 4.69) is 0 Å². The Morgan fingerprint density at radius 1 is 1.00 bits per heavy atom. The third-order valence-electron chi connectivity index (χ3n) is 7.51. The largest absolute Gasteiger partial charge is 0.465 e. The molecule has 1 aromatic rings. The molecule has 0 aromatic heterocycles. The van der Waals surface area contributed by atoms with Gasteiger partial charge < -0.3 is 4.74 Å². The van der Waals surface area contributed by atoms with Crippen LogP contribution in [-0.4, -0.2) is 24.1 Å². The predicted molar refractivity (Wildman–Crippen MR) is 110 cm³/mol. The van der Waals surface area contributed by atoms with Crippen LogP contribution in [0.3, 0.4) is 0 Å². The Bertz CT molecular complexity index is 731. The highest BCUT2D eigenvalue weighted by molar-refractivity contribution is 6.06. The van der Waals surface area contributed by atoms with Crippen LogP contribution in [0.15, 0.2) is 30.3 Å². The van der Waals surface area contributed by atoms with Crippen molar-refractivity contribution in [1.82, 2.24) is 0 Å². The van der Waals surface area contributed by atoms with Gasteiger partial charge in [0, 0.05) is 18.4 Å². The first kappa shape index (κ1) is 20.3. The Morgan fingerprint density at radius 3 is 2.14 bits per heavy atom. The Labute approximate surface area is 173 Å². The second kappa shape index (κ2) is 8.41. The van der Waals surface area contributed by atoms with Crippen molar-refractivity contribution in [2.24, 2.45) is 29.1 Å². The highest BCUT2D eigenvalue weighted by Crippen LogP contribution is 2.61. The minimum atomic E-state index is -0.975. The molecule has 0 aliphatic heterocycles. The zero-order valence-corrected chi connectivity index (χ0v) is 17.4. The van der Waals surface area contributed by atoms with Gasteiger partial charge in [-0.1, -0.05) is 30.3 Å². The second-order valence-electron chi connectivity index (χ2n) is 9.68. The van der Waals surface area contributed by atoms with E-state index in [1.807, 2.05) is 6.07 Å². The summed E-state index contributed by atoms with van der Waals surface area (Å²) in [7, 11) is 0. The SMILES string of the molecule is CCOC(=O)C(CC(=O)c1ccccc1)C(=O)CCC12CC3CC(CC(C3)C1)C2. The summed E-state index contributed by atoms with van der Waals surface area (Å²) in [5, 5.41) is 0. The van der Waals surface area contributed by atoms with Crippen LogP contribution in [0.4, 0.5) is 0 Å². The molecule has 1 aromatic carbocycles. The lowest BCUT2D eigenvalue weighted by atomic mass is 9.48. The maximum absolute atomic E-state index is 13.1. The summed E-state index contributed by atoms with van der Waals surface area (Å²) in [6, 6.07) is 8.88. The van der Waals surface area contributed by atoms with Gasteiger partial charge in [0.05, 0.1) is 6.61 Å². The van der Waals surface area contributed by atoms with Crippen molar-refractivity contribution in [2.45, 2.75) is 64.7 Å². The van der Waals surface area contributed by atoms with E-state index < -0.39 is 11.9 Å². The van der Waals surface area contributed by atoms with E-state index in [1.165, 1.54) is 38.5 Å². The molecule has 4 fully saturated rings. The van der Waals surface area contributed by atoms with E-state index in [4.69, 9.17) is 4.74 Å². The molecule has 4 heteroatoms. The Morgan fingerprint density at radius 2 is 1.59 bits per heavy atom. The molecular weight excluding hydrogens is 364 g/mol. The van der Waals surface area contributed by atoms with Gasteiger partial charge in [-0.05, 0) is 75.0 Å². The van der Waals surface area contributed by atoms with Crippen LogP contribution in [0, 0.1) is 29.1 Å². The zero-order chi connectivity index (χ0) is 20.4. The summed E-state index contributed by atoms with van der Waals surface area (Å²) in [5.74, 6) is 0.713.